The fourth-order valence-corrected chi connectivity index (χ4v) is 3.12. The van der Waals surface area contributed by atoms with Crippen LogP contribution < -0.4 is 10.6 Å². The first kappa shape index (κ1) is 13.5. The summed E-state index contributed by atoms with van der Waals surface area (Å²) < 4.78 is 58.6. The average molecular weight is 390 g/mol. The van der Waals surface area contributed by atoms with E-state index < -0.39 is 36.9 Å². The number of likely N-dealkylation sites (tertiary alicyclic amines) is 1. The van der Waals surface area contributed by atoms with Crippen LogP contribution in [0.1, 0.15) is 52.1 Å². The van der Waals surface area contributed by atoms with E-state index in [1.165, 1.54) is 6.07 Å². The highest BCUT2D eigenvalue weighted by Gasteiger charge is 2.23. The largest absolute Gasteiger partial charge is 0.352 e. The summed E-state index contributed by atoms with van der Waals surface area (Å²) in [5.41, 5.74) is -2.21. The summed E-state index contributed by atoms with van der Waals surface area (Å²) in [6.45, 7) is -3.48. The van der Waals surface area contributed by atoms with E-state index in [2.05, 4.69) is 10.6 Å². The van der Waals surface area contributed by atoms with E-state index in [1.807, 2.05) is 0 Å². The van der Waals surface area contributed by atoms with Gasteiger partial charge in [0, 0.05) is 30.9 Å². The number of hydrogen-bond acceptors (Lipinski definition) is 3. The first-order chi connectivity index (χ1) is 14.6. The third-order valence-corrected chi connectivity index (χ3v) is 4.36. The van der Waals surface area contributed by atoms with Gasteiger partial charge >= 0.3 is 0 Å². The van der Waals surface area contributed by atoms with Gasteiger partial charge in [-0.25, -0.2) is 4.39 Å². The molecule has 0 spiro atoms. The summed E-state index contributed by atoms with van der Waals surface area (Å²) in [5.74, 6) is -1.55. The second kappa shape index (κ2) is 8.82. The molecule has 0 aliphatic carbocycles. The van der Waals surface area contributed by atoms with Gasteiger partial charge in [-0.15, -0.1) is 0 Å². The molecule has 0 atom stereocenters. The topological polar surface area (TPSA) is 61.4 Å². The lowest BCUT2D eigenvalue weighted by atomic mass is 9.96. The molecule has 1 fully saturated rings. The molecular formula is C19H27ClFN3O2. The molecule has 2 N–H and O–H groups in total. The number of amides is 2. The minimum absolute atomic E-state index is 0.122. The van der Waals surface area contributed by atoms with E-state index in [0.29, 0.717) is 32.5 Å². The van der Waals surface area contributed by atoms with Crippen molar-refractivity contribution in [3.05, 3.63) is 34.6 Å². The third kappa shape index (κ3) is 6.92. The van der Waals surface area contributed by atoms with Gasteiger partial charge < -0.3 is 10.6 Å². The van der Waals surface area contributed by atoms with Crippen molar-refractivity contribution in [2.75, 3.05) is 26.2 Å². The fraction of sp³-hybridized carbons (Fsp3) is 0.579. The highest BCUT2D eigenvalue weighted by Crippen LogP contribution is 2.17. The van der Waals surface area contributed by atoms with Crippen LogP contribution in [0, 0.1) is 11.7 Å². The Morgan fingerprint density at radius 1 is 1.35 bits per heavy atom. The molecule has 26 heavy (non-hydrogen) atoms. The summed E-state index contributed by atoms with van der Waals surface area (Å²) in [4.78, 5) is 26.4. The molecule has 2 rings (SSSR count). The van der Waals surface area contributed by atoms with Crippen LogP contribution in [0.4, 0.5) is 4.39 Å². The number of piperidine rings is 1. The van der Waals surface area contributed by atoms with Crippen molar-refractivity contribution >= 4 is 23.4 Å². The number of carbonyl (C=O) groups excluding carboxylic acids is 2. The van der Waals surface area contributed by atoms with Crippen molar-refractivity contribution in [2.45, 2.75) is 39.0 Å². The Morgan fingerprint density at radius 3 is 2.65 bits per heavy atom. The van der Waals surface area contributed by atoms with Crippen LogP contribution in [0.3, 0.4) is 0 Å². The van der Waals surface area contributed by atoms with Gasteiger partial charge in [0.15, 0.2) is 0 Å². The third-order valence-electron chi connectivity index (χ3n) is 4.14. The Bertz CT molecular complexity index is 807. The highest BCUT2D eigenvalue weighted by molar-refractivity contribution is 6.31. The Morgan fingerprint density at radius 2 is 2.04 bits per heavy atom. The number of nitrogens with zero attached hydrogens (tertiary/aromatic N) is 1. The number of benzene rings is 1. The van der Waals surface area contributed by atoms with Crippen LogP contribution >= 0.6 is 11.6 Å². The van der Waals surface area contributed by atoms with Gasteiger partial charge in [-0.2, -0.15) is 0 Å². The second-order valence-corrected chi connectivity index (χ2v) is 7.20. The number of carbonyl (C=O) groups is 2. The highest BCUT2D eigenvalue weighted by atomic mass is 35.5. The molecule has 0 saturated carbocycles. The van der Waals surface area contributed by atoms with E-state index in [4.69, 9.17) is 19.8 Å². The number of nitrogens with one attached hydrogen (secondary N) is 2. The van der Waals surface area contributed by atoms with Crippen LogP contribution in [-0.4, -0.2) is 48.4 Å². The smallest absolute Gasteiger partial charge is 0.251 e. The molecule has 1 heterocycles. The molecule has 5 nitrogen and oxygen atoms in total. The first-order valence-corrected chi connectivity index (χ1v) is 8.78. The molecular weight excluding hydrogens is 357 g/mol. The Kier molecular flexibility index (Phi) is 4.58. The number of halogens is 2. The van der Waals surface area contributed by atoms with Gasteiger partial charge in [0.1, 0.15) is 5.82 Å². The second-order valence-electron chi connectivity index (χ2n) is 6.76. The monoisotopic (exact) mass is 389 g/mol. The average Bonchev–Trinajstić information content (AvgIpc) is 2.64. The molecule has 2 amide bonds. The molecule has 1 aromatic rings. The van der Waals surface area contributed by atoms with E-state index in [0.717, 1.165) is 19.1 Å². The van der Waals surface area contributed by atoms with Crippen molar-refractivity contribution in [1.29, 1.82) is 0 Å². The predicted molar refractivity (Wildman–Crippen MR) is 101 cm³/mol. The molecule has 1 aliphatic heterocycles. The van der Waals surface area contributed by atoms with Gasteiger partial charge in [0.25, 0.3) is 5.91 Å². The first-order valence-electron chi connectivity index (χ1n) is 11.4. The molecule has 144 valence electrons. The van der Waals surface area contributed by atoms with Gasteiger partial charge in [0.05, 0.1) is 6.54 Å². The Labute approximate surface area is 167 Å². The van der Waals surface area contributed by atoms with Crippen molar-refractivity contribution in [3.63, 3.8) is 0 Å². The van der Waals surface area contributed by atoms with Crippen molar-refractivity contribution in [3.8, 4) is 0 Å². The zero-order valence-corrected chi connectivity index (χ0v) is 15.3. The minimum atomic E-state index is -2.90. The lowest BCUT2D eigenvalue weighted by Crippen LogP contribution is -2.48. The van der Waals surface area contributed by atoms with Crippen LogP contribution in [0.5, 0.6) is 0 Å². The van der Waals surface area contributed by atoms with Crippen molar-refractivity contribution in [1.82, 2.24) is 15.5 Å². The quantitative estimate of drug-likeness (QED) is 0.814. The SMILES string of the molecule is [2H]C([2H])([2H])C(C)(NC(=O)CN1CCC(CNC(=O)c2cc(F)cc(Cl)c2)CC1)C([2H])([2H])[2H]. The Hall–Kier alpha value is -1.66. The van der Waals surface area contributed by atoms with Gasteiger partial charge in [0.2, 0.25) is 5.91 Å². The predicted octanol–water partition coefficient (Wildman–Crippen LogP) is 2.84. The summed E-state index contributed by atoms with van der Waals surface area (Å²) in [6.07, 6.45) is 1.35. The summed E-state index contributed by atoms with van der Waals surface area (Å²) in [5, 5.41) is 5.09. The van der Waals surface area contributed by atoms with Crippen LogP contribution in [0.25, 0.3) is 0 Å². The summed E-state index contributed by atoms with van der Waals surface area (Å²) in [6, 6.07) is 3.60. The van der Waals surface area contributed by atoms with Gasteiger partial charge in [-0.3, -0.25) is 14.5 Å². The number of hydrogen-bond donors (Lipinski definition) is 2. The molecule has 0 aromatic heterocycles. The lowest BCUT2D eigenvalue weighted by molar-refractivity contribution is -0.124. The van der Waals surface area contributed by atoms with Crippen molar-refractivity contribution < 1.29 is 22.2 Å². The molecule has 7 heteroatoms. The molecule has 0 bridgehead atoms. The standard InChI is InChI=1S/C19H27ClFN3O2/c1-19(2,3)23-17(25)12-24-6-4-13(5-7-24)11-22-18(26)14-8-15(20)10-16(21)9-14/h8-10,13H,4-7,11-12H2,1-3H3,(H,22,26)(H,23,25)/i1D3,2D3. The zero-order valence-electron chi connectivity index (χ0n) is 20.6. The van der Waals surface area contributed by atoms with E-state index in [1.54, 1.807) is 4.90 Å². The molecule has 1 aliphatic rings. The maximum atomic E-state index is 13.4. The Balaban J connectivity index is 1.82. The minimum Gasteiger partial charge on any atom is -0.352 e. The van der Waals surface area contributed by atoms with Crippen molar-refractivity contribution in [2.24, 2.45) is 5.92 Å². The lowest BCUT2D eigenvalue weighted by Gasteiger charge is -2.32. The van der Waals surface area contributed by atoms with E-state index >= 15 is 0 Å². The molecule has 0 unspecified atom stereocenters. The van der Waals surface area contributed by atoms with Gasteiger partial charge in [-0.05, 0) is 70.7 Å². The normalized spacial score (nSPS) is 20.7. The maximum absolute atomic E-state index is 13.4. The van der Waals surface area contributed by atoms with E-state index in [9.17, 15) is 14.0 Å². The molecule has 1 aromatic carbocycles. The summed E-state index contributed by atoms with van der Waals surface area (Å²) in [7, 11) is 0. The molecule has 1 saturated heterocycles. The van der Waals surface area contributed by atoms with Crippen LogP contribution in [0.15, 0.2) is 18.2 Å². The van der Waals surface area contributed by atoms with Crippen LogP contribution in [-0.2, 0) is 4.79 Å². The van der Waals surface area contributed by atoms with Gasteiger partial charge in [-0.1, -0.05) is 11.6 Å². The van der Waals surface area contributed by atoms with E-state index in [-0.39, 0.29) is 23.0 Å². The van der Waals surface area contributed by atoms with Crippen LogP contribution in [0.2, 0.25) is 5.02 Å². The number of rotatable bonds is 5. The maximum Gasteiger partial charge on any atom is 0.251 e. The zero-order chi connectivity index (χ0) is 24.3. The fourth-order valence-electron chi connectivity index (χ4n) is 2.89. The molecule has 0 radical (unpaired) electrons. The summed E-state index contributed by atoms with van der Waals surface area (Å²) >= 11 is 5.77.